The van der Waals surface area contributed by atoms with Crippen molar-refractivity contribution in [2.45, 2.75) is 33.1 Å². The second kappa shape index (κ2) is 9.76. The summed E-state index contributed by atoms with van der Waals surface area (Å²) in [6, 6.07) is 2.30. The Morgan fingerprint density at radius 2 is 2.11 bits per heavy atom. The van der Waals surface area contributed by atoms with E-state index in [-0.39, 0.29) is 11.3 Å². The number of unbranched alkanes of at least 4 members (excludes halogenated alkanes) is 1. The van der Waals surface area contributed by atoms with Gasteiger partial charge in [0.25, 0.3) is 0 Å². The molecule has 0 unspecified atom stereocenters. The number of nitrogens with one attached hydrogen (secondary N) is 1. The van der Waals surface area contributed by atoms with Crippen molar-refractivity contribution >= 4 is 5.91 Å². The number of rotatable bonds is 10. The van der Waals surface area contributed by atoms with E-state index in [1.54, 1.807) is 7.11 Å². The molecule has 5 nitrogen and oxygen atoms in total. The number of carbonyl (C=O) groups excluding carboxylic acids is 1. The molecule has 0 aromatic rings. The average Bonchev–Trinajstić information content (AvgIpc) is 2.35. The van der Waals surface area contributed by atoms with Crippen LogP contribution in [0.3, 0.4) is 0 Å². The van der Waals surface area contributed by atoms with E-state index >= 15 is 0 Å². The van der Waals surface area contributed by atoms with Crippen LogP contribution in [0, 0.1) is 16.7 Å². The molecule has 1 N–H and O–H groups in total. The second-order valence-corrected chi connectivity index (χ2v) is 5.53. The number of amides is 1. The Morgan fingerprint density at radius 3 is 2.68 bits per heavy atom. The molecule has 5 heteroatoms. The van der Waals surface area contributed by atoms with Gasteiger partial charge in [0, 0.05) is 13.7 Å². The Labute approximate surface area is 116 Å². The molecule has 0 spiro atoms. The summed E-state index contributed by atoms with van der Waals surface area (Å²) < 4.78 is 4.86. The largest absolute Gasteiger partial charge is 0.383 e. The molecular formula is C14H27N3O2. The lowest BCUT2D eigenvalue weighted by Gasteiger charge is -2.18. The number of hydrogen-bond donors (Lipinski definition) is 1. The minimum Gasteiger partial charge on any atom is -0.383 e. The van der Waals surface area contributed by atoms with Gasteiger partial charge in [0.2, 0.25) is 5.91 Å². The third kappa shape index (κ3) is 10.5. The van der Waals surface area contributed by atoms with E-state index in [1.807, 2.05) is 25.8 Å². The van der Waals surface area contributed by atoms with Crippen LogP contribution >= 0.6 is 0 Å². The molecule has 0 aliphatic rings. The first-order valence-corrected chi connectivity index (χ1v) is 6.76. The first-order valence-electron chi connectivity index (χ1n) is 6.76. The van der Waals surface area contributed by atoms with Gasteiger partial charge in [-0.2, -0.15) is 5.26 Å². The summed E-state index contributed by atoms with van der Waals surface area (Å²) in [5.74, 6) is 0.0249. The maximum Gasteiger partial charge on any atom is 0.234 e. The van der Waals surface area contributed by atoms with Crippen molar-refractivity contribution in [1.29, 1.82) is 5.26 Å². The highest BCUT2D eigenvalue weighted by Crippen LogP contribution is 2.21. The number of nitrogens with zero attached hydrogens (tertiary/aromatic N) is 2. The molecule has 110 valence electrons. The summed E-state index contributed by atoms with van der Waals surface area (Å²) in [5, 5.41) is 11.7. The molecule has 0 saturated heterocycles. The number of methoxy groups -OCH3 is 1. The summed E-state index contributed by atoms with van der Waals surface area (Å²) in [6.07, 6.45) is 2.92. The molecular weight excluding hydrogens is 242 g/mol. The number of likely N-dealkylation sites (N-methyl/N-ethyl adjacent to an activating group) is 1. The first-order chi connectivity index (χ1) is 8.91. The van der Waals surface area contributed by atoms with Crippen molar-refractivity contribution in [3.8, 4) is 6.07 Å². The van der Waals surface area contributed by atoms with Crippen LogP contribution in [0.2, 0.25) is 0 Å². The molecule has 0 atom stereocenters. The third-order valence-corrected chi connectivity index (χ3v) is 2.94. The number of carbonyl (C=O) groups is 1. The van der Waals surface area contributed by atoms with Gasteiger partial charge in [-0.1, -0.05) is 6.42 Å². The van der Waals surface area contributed by atoms with Crippen LogP contribution in [0.25, 0.3) is 0 Å². The van der Waals surface area contributed by atoms with Gasteiger partial charge in [-0.15, -0.1) is 0 Å². The molecule has 0 fully saturated rings. The van der Waals surface area contributed by atoms with Crippen LogP contribution < -0.4 is 5.32 Å². The summed E-state index contributed by atoms with van der Waals surface area (Å²) >= 11 is 0. The lowest BCUT2D eigenvalue weighted by atomic mass is 9.89. The van der Waals surface area contributed by atoms with Gasteiger partial charge in [0.05, 0.1) is 24.6 Å². The van der Waals surface area contributed by atoms with Crippen LogP contribution in [0.1, 0.15) is 33.1 Å². The van der Waals surface area contributed by atoms with Gasteiger partial charge in [-0.05, 0) is 40.3 Å². The highest BCUT2D eigenvalue weighted by molar-refractivity contribution is 5.77. The van der Waals surface area contributed by atoms with E-state index in [9.17, 15) is 4.79 Å². The highest BCUT2D eigenvalue weighted by Gasteiger charge is 2.15. The molecule has 0 radical (unpaired) electrons. The first kappa shape index (κ1) is 17.9. The zero-order chi connectivity index (χ0) is 14.7. The summed E-state index contributed by atoms with van der Waals surface area (Å²) in [4.78, 5) is 13.5. The van der Waals surface area contributed by atoms with E-state index < -0.39 is 0 Å². The average molecular weight is 269 g/mol. The van der Waals surface area contributed by atoms with Crippen LogP contribution in [-0.4, -0.2) is 51.2 Å². The SMILES string of the molecule is COCCNC(=O)CN(C)CCCCC(C)(C)C#N. The van der Waals surface area contributed by atoms with Gasteiger partial charge in [-0.3, -0.25) is 9.69 Å². The second-order valence-electron chi connectivity index (χ2n) is 5.53. The summed E-state index contributed by atoms with van der Waals surface area (Å²) in [6.45, 7) is 6.29. The van der Waals surface area contributed by atoms with Crippen LogP contribution in [-0.2, 0) is 9.53 Å². The van der Waals surface area contributed by atoms with Crippen LogP contribution in [0.4, 0.5) is 0 Å². The van der Waals surface area contributed by atoms with Gasteiger partial charge < -0.3 is 10.1 Å². The van der Waals surface area contributed by atoms with Crippen molar-refractivity contribution in [3.63, 3.8) is 0 Å². The number of hydrogen-bond acceptors (Lipinski definition) is 4. The Kier molecular flexibility index (Phi) is 9.19. The lowest BCUT2D eigenvalue weighted by molar-refractivity contribution is -0.122. The highest BCUT2D eigenvalue weighted by atomic mass is 16.5. The van der Waals surface area contributed by atoms with E-state index in [4.69, 9.17) is 10.00 Å². The van der Waals surface area contributed by atoms with Crippen LogP contribution in [0.15, 0.2) is 0 Å². The molecule has 19 heavy (non-hydrogen) atoms. The zero-order valence-corrected chi connectivity index (χ0v) is 12.7. The lowest BCUT2D eigenvalue weighted by Crippen LogP contribution is -2.37. The van der Waals surface area contributed by atoms with Gasteiger partial charge in [-0.25, -0.2) is 0 Å². The standard InChI is InChI=1S/C14H27N3O2/c1-14(2,12-15)7-5-6-9-17(3)11-13(18)16-8-10-19-4/h5-11H2,1-4H3,(H,16,18). The fourth-order valence-electron chi connectivity index (χ4n) is 1.68. The molecule has 0 aromatic heterocycles. The fourth-order valence-corrected chi connectivity index (χ4v) is 1.68. The van der Waals surface area contributed by atoms with Crippen molar-refractivity contribution in [2.24, 2.45) is 5.41 Å². The van der Waals surface area contributed by atoms with Gasteiger partial charge in [0.15, 0.2) is 0 Å². The minimum absolute atomic E-state index is 0.0249. The van der Waals surface area contributed by atoms with Crippen molar-refractivity contribution < 1.29 is 9.53 Å². The molecule has 0 heterocycles. The number of ether oxygens (including phenoxy) is 1. The van der Waals surface area contributed by atoms with Gasteiger partial charge >= 0.3 is 0 Å². The topological polar surface area (TPSA) is 65.4 Å². The van der Waals surface area contributed by atoms with E-state index in [0.717, 1.165) is 25.8 Å². The molecule has 0 aromatic carbocycles. The Morgan fingerprint density at radius 1 is 1.42 bits per heavy atom. The Hall–Kier alpha value is -1.12. The molecule has 0 aliphatic carbocycles. The predicted molar refractivity (Wildman–Crippen MR) is 75.6 cm³/mol. The van der Waals surface area contributed by atoms with Crippen molar-refractivity contribution in [2.75, 3.05) is 40.4 Å². The predicted octanol–water partition coefficient (Wildman–Crippen LogP) is 1.40. The van der Waals surface area contributed by atoms with E-state index in [1.165, 1.54) is 0 Å². The third-order valence-electron chi connectivity index (χ3n) is 2.94. The number of nitriles is 1. The fraction of sp³-hybridized carbons (Fsp3) is 0.857. The van der Waals surface area contributed by atoms with Crippen LogP contribution in [0.5, 0.6) is 0 Å². The summed E-state index contributed by atoms with van der Waals surface area (Å²) in [7, 11) is 3.55. The maximum atomic E-state index is 11.5. The zero-order valence-electron chi connectivity index (χ0n) is 12.7. The normalized spacial score (nSPS) is 11.4. The Balaban J connectivity index is 3.62. The molecule has 0 saturated carbocycles. The Bertz CT molecular complexity index is 298. The monoisotopic (exact) mass is 269 g/mol. The molecule has 0 rings (SSSR count). The minimum atomic E-state index is -0.240. The maximum absolute atomic E-state index is 11.5. The van der Waals surface area contributed by atoms with E-state index in [0.29, 0.717) is 19.7 Å². The van der Waals surface area contributed by atoms with E-state index in [2.05, 4.69) is 11.4 Å². The molecule has 0 bridgehead atoms. The van der Waals surface area contributed by atoms with Crippen molar-refractivity contribution in [3.05, 3.63) is 0 Å². The summed E-state index contributed by atoms with van der Waals surface area (Å²) in [5.41, 5.74) is -0.240. The molecule has 1 amide bonds. The smallest absolute Gasteiger partial charge is 0.234 e. The van der Waals surface area contributed by atoms with Crippen molar-refractivity contribution in [1.82, 2.24) is 10.2 Å². The van der Waals surface area contributed by atoms with Gasteiger partial charge in [0.1, 0.15) is 0 Å². The molecule has 0 aliphatic heterocycles. The quantitative estimate of drug-likeness (QED) is 0.609.